The van der Waals surface area contributed by atoms with Crippen molar-refractivity contribution in [1.82, 2.24) is 4.98 Å². The molecule has 1 heterocycles. The third-order valence-corrected chi connectivity index (χ3v) is 4.21. The molecule has 0 fully saturated rings. The van der Waals surface area contributed by atoms with E-state index >= 15 is 0 Å². The highest BCUT2D eigenvalue weighted by molar-refractivity contribution is 5.83. The predicted octanol–water partition coefficient (Wildman–Crippen LogP) is 4.86. The van der Waals surface area contributed by atoms with E-state index in [1.807, 2.05) is 6.07 Å². The molecule has 1 aromatic carbocycles. The van der Waals surface area contributed by atoms with E-state index < -0.39 is 0 Å². The van der Waals surface area contributed by atoms with E-state index in [0.717, 1.165) is 37.1 Å². The molecule has 0 radical (unpaired) electrons. The summed E-state index contributed by atoms with van der Waals surface area (Å²) in [7, 11) is 1.63. The van der Waals surface area contributed by atoms with Crippen LogP contribution in [0, 0.1) is 0 Å². The van der Waals surface area contributed by atoms with Crippen LogP contribution in [-0.2, 0) is 0 Å². The molecule has 0 unspecified atom stereocenters. The molecule has 0 bridgehead atoms. The summed E-state index contributed by atoms with van der Waals surface area (Å²) in [6, 6.07) is 10.6. The molecule has 25 heavy (non-hydrogen) atoms. The van der Waals surface area contributed by atoms with Crippen LogP contribution in [0.5, 0.6) is 5.75 Å². The number of hydrogen-bond acceptors (Lipinski definition) is 4. The number of aromatic nitrogens is 1. The number of nitrogens with two attached hydrogens (primary N) is 1. The fourth-order valence-corrected chi connectivity index (χ4v) is 2.86. The number of hydrogen-bond donors (Lipinski definition) is 1. The van der Waals surface area contributed by atoms with E-state index in [9.17, 15) is 0 Å². The van der Waals surface area contributed by atoms with Crippen molar-refractivity contribution in [2.45, 2.75) is 33.6 Å². The lowest BCUT2D eigenvalue weighted by Crippen LogP contribution is -2.24. The third-order valence-electron chi connectivity index (χ3n) is 4.21. The second kappa shape index (κ2) is 9.11. The van der Waals surface area contributed by atoms with Gasteiger partial charge >= 0.3 is 0 Å². The Morgan fingerprint density at radius 3 is 2.36 bits per heavy atom. The highest BCUT2D eigenvalue weighted by Crippen LogP contribution is 2.25. The van der Waals surface area contributed by atoms with Crippen molar-refractivity contribution in [2.75, 3.05) is 30.8 Å². The quantitative estimate of drug-likeness (QED) is 0.746. The molecule has 134 valence electrons. The summed E-state index contributed by atoms with van der Waals surface area (Å²) in [5.41, 5.74) is 10.5. The largest absolute Gasteiger partial charge is 0.495 e. The van der Waals surface area contributed by atoms with Crippen molar-refractivity contribution in [1.29, 1.82) is 0 Å². The molecular weight excluding hydrogens is 310 g/mol. The van der Waals surface area contributed by atoms with Gasteiger partial charge in [0.1, 0.15) is 11.6 Å². The number of nitrogens with zero attached hydrogens (tertiary/aromatic N) is 2. The van der Waals surface area contributed by atoms with Gasteiger partial charge in [0.2, 0.25) is 0 Å². The molecule has 4 heteroatoms. The van der Waals surface area contributed by atoms with Crippen LogP contribution in [0.25, 0.3) is 11.6 Å². The number of allylic oxidation sites excluding steroid dienone is 1. The van der Waals surface area contributed by atoms with Gasteiger partial charge in [-0.2, -0.15) is 0 Å². The van der Waals surface area contributed by atoms with Gasteiger partial charge in [0.15, 0.2) is 0 Å². The predicted molar refractivity (Wildman–Crippen MR) is 108 cm³/mol. The molecule has 0 saturated heterocycles. The molecule has 0 atom stereocenters. The lowest BCUT2D eigenvalue weighted by atomic mass is 10.0. The highest BCUT2D eigenvalue weighted by Gasteiger charge is 2.06. The van der Waals surface area contributed by atoms with Crippen molar-refractivity contribution in [3.63, 3.8) is 0 Å². The molecule has 0 saturated carbocycles. The van der Waals surface area contributed by atoms with Crippen LogP contribution in [0.4, 0.5) is 11.5 Å². The molecule has 0 aliphatic rings. The number of anilines is 2. The molecule has 0 amide bonds. The van der Waals surface area contributed by atoms with E-state index in [-0.39, 0.29) is 0 Å². The van der Waals surface area contributed by atoms with Crippen molar-refractivity contribution >= 4 is 23.2 Å². The molecule has 0 spiro atoms. The summed E-state index contributed by atoms with van der Waals surface area (Å²) >= 11 is 0. The SMILES string of the molecule is CCCN(CCC)c1ccc(/C(C)=C/c2cc(OC)cnc2N)cc1. The Morgan fingerprint density at radius 1 is 1.16 bits per heavy atom. The first-order chi connectivity index (χ1) is 12.1. The van der Waals surface area contributed by atoms with Gasteiger partial charge in [-0.25, -0.2) is 4.98 Å². The van der Waals surface area contributed by atoms with Gasteiger partial charge in [-0.3, -0.25) is 0 Å². The summed E-state index contributed by atoms with van der Waals surface area (Å²) in [6.07, 6.45) is 5.99. The minimum absolute atomic E-state index is 0.508. The molecule has 1 aromatic heterocycles. The van der Waals surface area contributed by atoms with Gasteiger partial charge in [-0.05, 0) is 55.2 Å². The van der Waals surface area contributed by atoms with Crippen LogP contribution < -0.4 is 15.4 Å². The Hall–Kier alpha value is -2.49. The minimum Gasteiger partial charge on any atom is -0.495 e. The zero-order valence-electron chi connectivity index (χ0n) is 15.7. The fraction of sp³-hybridized carbons (Fsp3) is 0.381. The van der Waals surface area contributed by atoms with Gasteiger partial charge in [0.25, 0.3) is 0 Å². The van der Waals surface area contributed by atoms with Gasteiger partial charge in [0.05, 0.1) is 13.3 Å². The standard InChI is InChI=1S/C21H29N3O/c1-5-11-24(12-6-2)19-9-7-17(8-10-19)16(3)13-18-14-20(25-4)15-23-21(18)22/h7-10,13-15H,5-6,11-12H2,1-4H3,(H2,22,23)/b16-13+. The van der Waals surface area contributed by atoms with Crippen LogP contribution >= 0.6 is 0 Å². The molecule has 2 rings (SSSR count). The van der Waals surface area contributed by atoms with Crippen LogP contribution in [0.15, 0.2) is 36.5 Å². The highest BCUT2D eigenvalue weighted by atomic mass is 16.5. The lowest BCUT2D eigenvalue weighted by Gasteiger charge is -2.24. The summed E-state index contributed by atoms with van der Waals surface area (Å²) in [5.74, 6) is 1.22. The zero-order chi connectivity index (χ0) is 18.2. The smallest absolute Gasteiger partial charge is 0.137 e. The second-order valence-corrected chi connectivity index (χ2v) is 6.21. The summed E-state index contributed by atoms with van der Waals surface area (Å²) in [6.45, 7) is 8.71. The summed E-state index contributed by atoms with van der Waals surface area (Å²) in [5, 5.41) is 0. The Labute approximate surface area is 151 Å². The number of rotatable bonds is 8. The van der Waals surface area contributed by atoms with E-state index in [0.29, 0.717) is 11.6 Å². The summed E-state index contributed by atoms with van der Waals surface area (Å²) in [4.78, 5) is 6.61. The molecule has 2 aromatic rings. The third kappa shape index (κ3) is 4.99. The molecule has 0 aliphatic carbocycles. The Morgan fingerprint density at radius 2 is 1.80 bits per heavy atom. The van der Waals surface area contributed by atoms with Crippen molar-refractivity contribution in [3.8, 4) is 5.75 Å². The van der Waals surface area contributed by atoms with Crippen LogP contribution in [-0.4, -0.2) is 25.2 Å². The first-order valence-corrected chi connectivity index (χ1v) is 8.92. The monoisotopic (exact) mass is 339 g/mol. The van der Waals surface area contributed by atoms with Gasteiger partial charge in [-0.15, -0.1) is 0 Å². The maximum Gasteiger partial charge on any atom is 0.137 e. The number of ether oxygens (including phenoxy) is 1. The normalized spacial score (nSPS) is 11.4. The summed E-state index contributed by atoms with van der Waals surface area (Å²) < 4.78 is 5.23. The Balaban J connectivity index is 2.23. The van der Waals surface area contributed by atoms with Gasteiger partial charge < -0.3 is 15.4 Å². The van der Waals surface area contributed by atoms with E-state index in [4.69, 9.17) is 10.5 Å². The molecule has 2 N–H and O–H groups in total. The fourth-order valence-electron chi connectivity index (χ4n) is 2.86. The van der Waals surface area contributed by atoms with Crippen molar-refractivity contribution in [3.05, 3.63) is 47.7 Å². The average molecular weight is 339 g/mol. The minimum atomic E-state index is 0.508. The topological polar surface area (TPSA) is 51.4 Å². The van der Waals surface area contributed by atoms with Crippen LogP contribution in [0.1, 0.15) is 44.7 Å². The number of methoxy groups -OCH3 is 1. The number of benzene rings is 1. The molecule has 4 nitrogen and oxygen atoms in total. The lowest BCUT2D eigenvalue weighted by molar-refractivity contribution is 0.413. The molecule has 0 aliphatic heterocycles. The van der Waals surface area contributed by atoms with E-state index in [1.54, 1.807) is 13.3 Å². The number of pyridine rings is 1. The maximum absolute atomic E-state index is 5.98. The number of nitrogen functional groups attached to an aromatic ring is 1. The van der Waals surface area contributed by atoms with E-state index in [1.165, 1.54) is 11.3 Å². The first kappa shape index (κ1) is 18.8. The second-order valence-electron chi connectivity index (χ2n) is 6.21. The van der Waals surface area contributed by atoms with Crippen molar-refractivity contribution in [2.24, 2.45) is 0 Å². The maximum atomic E-state index is 5.98. The zero-order valence-corrected chi connectivity index (χ0v) is 15.7. The first-order valence-electron chi connectivity index (χ1n) is 8.92. The Kier molecular flexibility index (Phi) is 6.87. The average Bonchev–Trinajstić information content (AvgIpc) is 2.63. The van der Waals surface area contributed by atoms with Crippen LogP contribution in [0.2, 0.25) is 0 Å². The van der Waals surface area contributed by atoms with Crippen LogP contribution in [0.3, 0.4) is 0 Å². The van der Waals surface area contributed by atoms with Gasteiger partial charge in [-0.1, -0.05) is 26.0 Å². The Bertz CT molecular complexity index is 702. The van der Waals surface area contributed by atoms with Crippen molar-refractivity contribution < 1.29 is 4.74 Å². The molecular formula is C21H29N3O. The van der Waals surface area contributed by atoms with E-state index in [2.05, 4.69) is 61.0 Å². The van der Waals surface area contributed by atoms with Gasteiger partial charge in [0, 0.05) is 24.3 Å².